The Morgan fingerprint density at radius 2 is 2.06 bits per heavy atom. The monoisotopic (exact) mass is 255 g/mol. The molecule has 4 heteroatoms. The summed E-state index contributed by atoms with van der Waals surface area (Å²) in [6.07, 6.45) is 4.10. The fraction of sp³-hybridized carbons (Fsp3) is 0.929. The highest BCUT2D eigenvalue weighted by molar-refractivity contribution is 5.80. The second kappa shape index (κ2) is 5.57. The third kappa shape index (κ3) is 3.69. The molecule has 0 aromatic carbocycles. The van der Waals surface area contributed by atoms with Crippen LogP contribution in [-0.2, 0) is 4.79 Å². The highest BCUT2D eigenvalue weighted by Crippen LogP contribution is 2.33. The Labute approximate surface area is 111 Å². The second-order valence-corrected chi connectivity index (χ2v) is 6.87. The van der Waals surface area contributed by atoms with Gasteiger partial charge in [0, 0.05) is 19.1 Å². The van der Waals surface area contributed by atoms with E-state index in [0.29, 0.717) is 13.1 Å². The SMILES string of the molecule is CN(CC(C)(C)CN)C(=O)C1CCCCC1(C)N. The minimum absolute atomic E-state index is 0.0372. The van der Waals surface area contributed by atoms with Crippen LogP contribution in [0.5, 0.6) is 0 Å². The average molecular weight is 255 g/mol. The molecule has 18 heavy (non-hydrogen) atoms. The molecule has 1 saturated carbocycles. The number of carbonyl (C=O) groups is 1. The fourth-order valence-electron chi connectivity index (χ4n) is 2.81. The van der Waals surface area contributed by atoms with Crippen LogP contribution < -0.4 is 11.5 Å². The van der Waals surface area contributed by atoms with E-state index < -0.39 is 0 Å². The van der Waals surface area contributed by atoms with E-state index in [1.165, 1.54) is 0 Å². The van der Waals surface area contributed by atoms with Crippen LogP contribution in [0.1, 0.15) is 46.5 Å². The van der Waals surface area contributed by atoms with E-state index in [1.807, 2.05) is 18.9 Å². The zero-order valence-electron chi connectivity index (χ0n) is 12.3. The molecule has 1 fully saturated rings. The first-order chi connectivity index (χ1) is 8.19. The van der Waals surface area contributed by atoms with Crippen molar-refractivity contribution < 1.29 is 4.79 Å². The van der Waals surface area contributed by atoms with Crippen LogP contribution in [0.4, 0.5) is 0 Å². The number of hydrogen-bond acceptors (Lipinski definition) is 3. The van der Waals surface area contributed by atoms with Gasteiger partial charge >= 0.3 is 0 Å². The summed E-state index contributed by atoms with van der Waals surface area (Å²) in [5.41, 5.74) is 11.6. The number of nitrogens with two attached hydrogens (primary N) is 2. The molecule has 4 N–H and O–H groups in total. The number of carbonyl (C=O) groups excluding carboxylic acids is 1. The number of nitrogens with zero attached hydrogens (tertiary/aromatic N) is 1. The fourth-order valence-corrected chi connectivity index (χ4v) is 2.81. The predicted octanol–water partition coefficient (Wildman–Crippen LogP) is 1.34. The Hall–Kier alpha value is -0.610. The van der Waals surface area contributed by atoms with Crippen molar-refractivity contribution in [1.29, 1.82) is 0 Å². The lowest BCUT2D eigenvalue weighted by atomic mass is 9.74. The molecule has 0 aromatic rings. The van der Waals surface area contributed by atoms with Gasteiger partial charge in [0.1, 0.15) is 0 Å². The Kier molecular flexibility index (Phi) is 4.78. The summed E-state index contributed by atoms with van der Waals surface area (Å²) in [6.45, 7) is 7.44. The van der Waals surface area contributed by atoms with Crippen molar-refractivity contribution in [2.45, 2.75) is 52.0 Å². The minimum Gasteiger partial charge on any atom is -0.345 e. The van der Waals surface area contributed by atoms with Crippen molar-refractivity contribution in [1.82, 2.24) is 4.90 Å². The summed E-state index contributed by atoms with van der Waals surface area (Å²) >= 11 is 0. The van der Waals surface area contributed by atoms with Crippen LogP contribution in [-0.4, -0.2) is 36.5 Å². The van der Waals surface area contributed by atoms with Crippen molar-refractivity contribution >= 4 is 5.91 Å². The maximum atomic E-state index is 12.5. The third-order valence-electron chi connectivity index (χ3n) is 4.15. The molecule has 0 radical (unpaired) electrons. The summed E-state index contributed by atoms with van der Waals surface area (Å²) in [5.74, 6) is 0.144. The van der Waals surface area contributed by atoms with Crippen molar-refractivity contribution in [3.63, 3.8) is 0 Å². The molecule has 106 valence electrons. The molecular weight excluding hydrogens is 226 g/mol. The van der Waals surface area contributed by atoms with E-state index in [4.69, 9.17) is 11.5 Å². The first-order valence-electron chi connectivity index (χ1n) is 6.93. The van der Waals surface area contributed by atoms with Crippen molar-refractivity contribution in [2.75, 3.05) is 20.1 Å². The molecule has 0 spiro atoms. The lowest BCUT2D eigenvalue weighted by Crippen LogP contribution is -2.54. The summed E-state index contributed by atoms with van der Waals surface area (Å²) in [7, 11) is 1.87. The first-order valence-corrected chi connectivity index (χ1v) is 6.93. The molecule has 2 unspecified atom stereocenters. The molecule has 1 aliphatic rings. The number of rotatable bonds is 4. The van der Waals surface area contributed by atoms with Gasteiger partial charge in [-0.1, -0.05) is 26.7 Å². The average Bonchev–Trinajstić information content (AvgIpc) is 2.27. The molecule has 0 saturated heterocycles. The molecule has 0 bridgehead atoms. The molecule has 1 aliphatic carbocycles. The predicted molar refractivity (Wildman–Crippen MR) is 75.0 cm³/mol. The maximum Gasteiger partial charge on any atom is 0.227 e. The Morgan fingerprint density at radius 1 is 1.44 bits per heavy atom. The van der Waals surface area contributed by atoms with Gasteiger partial charge in [0.05, 0.1) is 5.92 Å². The Bertz CT molecular complexity index is 299. The smallest absolute Gasteiger partial charge is 0.227 e. The summed E-state index contributed by atoms with van der Waals surface area (Å²) in [4.78, 5) is 14.3. The topological polar surface area (TPSA) is 72.3 Å². The van der Waals surface area contributed by atoms with E-state index in [-0.39, 0.29) is 22.8 Å². The van der Waals surface area contributed by atoms with Crippen LogP contribution >= 0.6 is 0 Å². The minimum atomic E-state index is -0.351. The van der Waals surface area contributed by atoms with Crippen molar-refractivity contribution in [3.05, 3.63) is 0 Å². The normalized spacial score (nSPS) is 29.1. The molecule has 1 rings (SSSR count). The van der Waals surface area contributed by atoms with Gasteiger partial charge in [0.25, 0.3) is 0 Å². The largest absolute Gasteiger partial charge is 0.345 e. The standard InChI is InChI=1S/C14H29N3O/c1-13(2,9-15)10-17(4)12(18)11-7-5-6-8-14(11,3)16/h11H,5-10,15-16H2,1-4H3. The zero-order chi connectivity index (χ0) is 14.0. The lowest BCUT2D eigenvalue weighted by Gasteiger charge is -2.40. The van der Waals surface area contributed by atoms with E-state index >= 15 is 0 Å². The van der Waals surface area contributed by atoms with E-state index in [2.05, 4.69) is 13.8 Å². The van der Waals surface area contributed by atoms with Gasteiger partial charge in [-0.05, 0) is 31.7 Å². The highest BCUT2D eigenvalue weighted by Gasteiger charge is 2.39. The molecule has 0 aliphatic heterocycles. The van der Waals surface area contributed by atoms with Gasteiger partial charge in [-0.3, -0.25) is 4.79 Å². The molecule has 4 nitrogen and oxygen atoms in total. The lowest BCUT2D eigenvalue weighted by molar-refractivity contribution is -0.138. The highest BCUT2D eigenvalue weighted by atomic mass is 16.2. The Morgan fingerprint density at radius 3 is 2.56 bits per heavy atom. The third-order valence-corrected chi connectivity index (χ3v) is 4.15. The van der Waals surface area contributed by atoms with Gasteiger partial charge in [0.2, 0.25) is 5.91 Å². The number of hydrogen-bond donors (Lipinski definition) is 2. The van der Waals surface area contributed by atoms with Crippen LogP contribution in [0.25, 0.3) is 0 Å². The molecule has 0 aromatic heterocycles. The van der Waals surface area contributed by atoms with Crippen LogP contribution in [0.2, 0.25) is 0 Å². The number of amides is 1. The zero-order valence-corrected chi connectivity index (χ0v) is 12.3. The Balaban J connectivity index is 2.68. The van der Waals surface area contributed by atoms with E-state index in [1.54, 1.807) is 0 Å². The molecule has 2 atom stereocenters. The summed E-state index contributed by atoms with van der Waals surface area (Å²) < 4.78 is 0. The van der Waals surface area contributed by atoms with Crippen molar-refractivity contribution in [2.24, 2.45) is 22.8 Å². The van der Waals surface area contributed by atoms with Crippen LogP contribution in [0.15, 0.2) is 0 Å². The van der Waals surface area contributed by atoms with Gasteiger partial charge in [0.15, 0.2) is 0 Å². The van der Waals surface area contributed by atoms with Gasteiger partial charge in [-0.25, -0.2) is 0 Å². The van der Waals surface area contributed by atoms with Gasteiger partial charge < -0.3 is 16.4 Å². The summed E-state index contributed by atoms with van der Waals surface area (Å²) in [6, 6.07) is 0. The maximum absolute atomic E-state index is 12.5. The van der Waals surface area contributed by atoms with Gasteiger partial charge in [-0.15, -0.1) is 0 Å². The molecular formula is C14H29N3O. The quantitative estimate of drug-likeness (QED) is 0.796. The van der Waals surface area contributed by atoms with Crippen LogP contribution in [0.3, 0.4) is 0 Å². The summed E-state index contributed by atoms with van der Waals surface area (Å²) in [5, 5.41) is 0. The van der Waals surface area contributed by atoms with Gasteiger partial charge in [-0.2, -0.15) is 0 Å². The second-order valence-electron chi connectivity index (χ2n) is 6.87. The van der Waals surface area contributed by atoms with Crippen molar-refractivity contribution in [3.8, 4) is 0 Å². The van der Waals surface area contributed by atoms with E-state index in [9.17, 15) is 4.79 Å². The molecule has 0 heterocycles. The molecule has 1 amide bonds. The first kappa shape index (κ1) is 15.4. The van der Waals surface area contributed by atoms with Crippen LogP contribution in [0, 0.1) is 11.3 Å². The van der Waals surface area contributed by atoms with E-state index in [0.717, 1.165) is 25.7 Å².